The molecule has 1 heterocycles. The van der Waals surface area contributed by atoms with Crippen LogP contribution in [0.2, 0.25) is 0 Å². The zero-order valence-corrected chi connectivity index (χ0v) is 14.1. The Bertz CT molecular complexity index is 566. The third-order valence-electron chi connectivity index (χ3n) is 5.00. The molecule has 2 aliphatic rings. The van der Waals surface area contributed by atoms with Crippen LogP contribution in [-0.4, -0.2) is 41.4 Å². The average Bonchev–Trinajstić information content (AvgIpc) is 3.33. The maximum absolute atomic E-state index is 13.9. The Morgan fingerprint density at radius 1 is 1.08 bits per heavy atom. The van der Waals surface area contributed by atoms with Crippen molar-refractivity contribution < 1.29 is 13.6 Å². The van der Waals surface area contributed by atoms with Gasteiger partial charge >= 0.3 is 0 Å². The second-order valence-electron chi connectivity index (χ2n) is 7.02. The van der Waals surface area contributed by atoms with Gasteiger partial charge in [-0.05, 0) is 31.7 Å². The first-order valence-electron chi connectivity index (χ1n) is 9.09. The lowest BCUT2D eigenvalue weighted by Gasteiger charge is -2.29. The van der Waals surface area contributed by atoms with Crippen LogP contribution in [0.1, 0.15) is 50.5 Å². The molecule has 0 N–H and O–H groups in total. The highest BCUT2D eigenvalue weighted by Crippen LogP contribution is 2.29. The number of carbonyl (C=O) groups is 1. The van der Waals surface area contributed by atoms with Gasteiger partial charge in [-0.25, -0.2) is 8.78 Å². The van der Waals surface area contributed by atoms with Crippen LogP contribution >= 0.6 is 0 Å². The van der Waals surface area contributed by atoms with E-state index in [2.05, 4.69) is 4.90 Å². The van der Waals surface area contributed by atoms with Crippen molar-refractivity contribution in [2.45, 2.75) is 57.5 Å². The van der Waals surface area contributed by atoms with Gasteiger partial charge in [0.2, 0.25) is 5.91 Å². The van der Waals surface area contributed by atoms with E-state index in [1.165, 1.54) is 31.4 Å². The molecule has 1 amide bonds. The van der Waals surface area contributed by atoms with Crippen LogP contribution in [0.5, 0.6) is 0 Å². The van der Waals surface area contributed by atoms with E-state index < -0.39 is 11.6 Å². The smallest absolute Gasteiger partial charge is 0.236 e. The lowest BCUT2D eigenvalue weighted by Crippen LogP contribution is -2.42. The molecule has 0 atom stereocenters. The van der Waals surface area contributed by atoms with Gasteiger partial charge in [-0.1, -0.05) is 25.3 Å². The van der Waals surface area contributed by atoms with Crippen LogP contribution in [-0.2, 0) is 11.3 Å². The van der Waals surface area contributed by atoms with Crippen LogP contribution in [0.15, 0.2) is 18.2 Å². The van der Waals surface area contributed by atoms with Gasteiger partial charge < -0.3 is 4.90 Å². The summed E-state index contributed by atoms with van der Waals surface area (Å²) < 4.78 is 27.0. The molecule has 0 spiro atoms. The summed E-state index contributed by atoms with van der Waals surface area (Å²) in [4.78, 5) is 16.7. The van der Waals surface area contributed by atoms with E-state index in [4.69, 9.17) is 0 Å². The number of carbonyl (C=O) groups excluding carboxylic acids is 1. The fraction of sp³-hybridized carbons (Fsp3) is 0.632. The predicted octanol–water partition coefficient (Wildman–Crippen LogP) is 3.72. The summed E-state index contributed by atoms with van der Waals surface area (Å²) in [7, 11) is 0. The minimum Gasteiger partial charge on any atom is -0.342 e. The maximum atomic E-state index is 13.9. The number of amides is 1. The molecule has 0 aromatic heterocycles. The number of benzene rings is 1. The van der Waals surface area contributed by atoms with Gasteiger partial charge in [-0.15, -0.1) is 0 Å². The number of nitrogens with zero attached hydrogens (tertiary/aromatic N) is 2. The van der Waals surface area contributed by atoms with E-state index in [1.807, 2.05) is 4.90 Å². The van der Waals surface area contributed by atoms with Crippen molar-refractivity contribution in [1.82, 2.24) is 9.80 Å². The summed E-state index contributed by atoms with van der Waals surface area (Å²) in [6, 6.07) is 4.04. The summed E-state index contributed by atoms with van der Waals surface area (Å²) in [6.45, 7) is 2.38. The molecule has 1 saturated carbocycles. The Hall–Kier alpha value is -1.49. The quantitative estimate of drug-likeness (QED) is 0.818. The van der Waals surface area contributed by atoms with Crippen LogP contribution in [0, 0.1) is 11.6 Å². The van der Waals surface area contributed by atoms with E-state index >= 15 is 0 Å². The van der Waals surface area contributed by atoms with Crippen molar-refractivity contribution in [3.8, 4) is 0 Å². The molecule has 1 saturated heterocycles. The monoisotopic (exact) mass is 336 g/mol. The molecule has 1 aromatic rings. The van der Waals surface area contributed by atoms with E-state index in [1.54, 1.807) is 0 Å². The van der Waals surface area contributed by atoms with Gasteiger partial charge in [0.25, 0.3) is 0 Å². The molecule has 3 nitrogen and oxygen atoms in total. The molecular formula is C19H26F2N2O. The van der Waals surface area contributed by atoms with Crippen molar-refractivity contribution in [2.24, 2.45) is 0 Å². The zero-order valence-electron chi connectivity index (χ0n) is 14.1. The summed E-state index contributed by atoms with van der Waals surface area (Å²) in [5, 5.41) is 0. The Labute approximate surface area is 142 Å². The molecule has 0 radical (unpaired) electrons. The van der Waals surface area contributed by atoms with Gasteiger partial charge in [0, 0.05) is 37.3 Å². The van der Waals surface area contributed by atoms with Gasteiger partial charge in [0.15, 0.2) is 0 Å². The minimum atomic E-state index is -0.564. The normalized spacial score (nSPS) is 19.2. The van der Waals surface area contributed by atoms with Gasteiger partial charge in [-0.3, -0.25) is 9.69 Å². The fourth-order valence-corrected chi connectivity index (χ4v) is 3.39. The fourth-order valence-electron chi connectivity index (χ4n) is 3.39. The topological polar surface area (TPSA) is 23.6 Å². The second kappa shape index (κ2) is 8.06. The van der Waals surface area contributed by atoms with Gasteiger partial charge in [-0.2, -0.15) is 0 Å². The molecule has 5 heteroatoms. The van der Waals surface area contributed by atoms with Gasteiger partial charge in [0.05, 0.1) is 6.54 Å². The molecule has 24 heavy (non-hydrogen) atoms. The molecule has 1 aliphatic heterocycles. The minimum absolute atomic E-state index is 0.145. The molecular weight excluding hydrogens is 310 g/mol. The van der Waals surface area contributed by atoms with Crippen LogP contribution in [0.25, 0.3) is 0 Å². The zero-order chi connectivity index (χ0) is 16.9. The van der Waals surface area contributed by atoms with Crippen LogP contribution < -0.4 is 0 Å². The Kier molecular flexibility index (Phi) is 5.82. The molecule has 0 bridgehead atoms. The molecule has 3 rings (SSSR count). The van der Waals surface area contributed by atoms with Crippen LogP contribution in [0.3, 0.4) is 0 Å². The van der Waals surface area contributed by atoms with Crippen molar-refractivity contribution in [3.63, 3.8) is 0 Å². The third-order valence-corrected chi connectivity index (χ3v) is 5.00. The SMILES string of the molecule is O=C(CN(Cc1ccc(F)cc1F)C1CC1)N1CCCCCCC1. The van der Waals surface area contributed by atoms with Crippen molar-refractivity contribution >= 4 is 5.91 Å². The number of hydrogen-bond acceptors (Lipinski definition) is 2. The van der Waals surface area contributed by atoms with E-state index in [9.17, 15) is 13.6 Å². The first-order valence-corrected chi connectivity index (χ1v) is 9.09. The molecule has 132 valence electrons. The first-order chi connectivity index (χ1) is 11.6. The number of halogens is 2. The second-order valence-corrected chi connectivity index (χ2v) is 7.02. The van der Waals surface area contributed by atoms with E-state index in [0.29, 0.717) is 24.7 Å². The summed E-state index contributed by atoms with van der Waals surface area (Å²) in [5.74, 6) is -0.948. The van der Waals surface area contributed by atoms with Crippen LogP contribution in [0.4, 0.5) is 8.78 Å². The number of hydrogen-bond donors (Lipinski definition) is 0. The maximum Gasteiger partial charge on any atom is 0.236 e. The molecule has 1 aliphatic carbocycles. The average molecular weight is 336 g/mol. The number of rotatable bonds is 5. The Morgan fingerprint density at radius 3 is 2.38 bits per heavy atom. The third kappa shape index (κ3) is 4.76. The van der Waals surface area contributed by atoms with Crippen molar-refractivity contribution in [2.75, 3.05) is 19.6 Å². The van der Waals surface area contributed by atoms with Crippen molar-refractivity contribution in [1.29, 1.82) is 0 Å². The predicted molar refractivity (Wildman–Crippen MR) is 89.5 cm³/mol. The van der Waals surface area contributed by atoms with Gasteiger partial charge in [0.1, 0.15) is 11.6 Å². The highest BCUT2D eigenvalue weighted by atomic mass is 19.1. The number of likely N-dealkylation sites (tertiary alicyclic amines) is 1. The largest absolute Gasteiger partial charge is 0.342 e. The first kappa shape index (κ1) is 17.3. The summed E-state index contributed by atoms with van der Waals surface area (Å²) >= 11 is 0. The van der Waals surface area contributed by atoms with E-state index in [-0.39, 0.29) is 5.91 Å². The summed E-state index contributed by atoms with van der Waals surface area (Å²) in [5.41, 5.74) is 0.462. The summed E-state index contributed by atoms with van der Waals surface area (Å²) in [6.07, 6.45) is 7.89. The van der Waals surface area contributed by atoms with Crippen molar-refractivity contribution in [3.05, 3.63) is 35.4 Å². The molecule has 2 fully saturated rings. The molecule has 0 unspecified atom stereocenters. The van der Waals surface area contributed by atoms with E-state index in [0.717, 1.165) is 44.8 Å². The highest BCUT2D eigenvalue weighted by Gasteiger charge is 2.32. The Morgan fingerprint density at radius 2 is 1.75 bits per heavy atom. The Balaban J connectivity index is 1.62. The lowest BCUT2D eigenvalue weighted by molar-refractivity contribution is -0.133. The molecule has 1 aromatic carbocycles. The highest BCUT2D eigenvalue weighted by molar-refractivity contribution is 5.78. The standard InChI is InChI=1S/C19H26F2N2O/c20-16-7-6-15(18(21)12-16)13-23(17-8-9-17)14-19(24)22-10-4-2-1-3-5-11-22/h6-7,12,17H,1-5,8-11,13-14H2. The lowest BCUT2D eigenvalue weighted by atomic mass is 10.1.